The SMILES string of the molecule is CC[C@H](C(=O)Nc1cc(Cl)ccc1Cl)N(c1ccccc1)S(C)(=O)=O. The molecule has 0 bridgehead atoms. The lowest BCUT2D eigenvalue weighted by Crippen LogP contribution is -2.47. The molecule has 25 heavy (non-hydrogen) atoms. The molecule has 0 aliphatic carbocycles. The molecule has 2 aromatic carbocycles. The second-order valence-electron chi connectivity index (χ2n) is 5.43. The molecule has 0 saturated carbocycles. The van der Waals surface area contributed by atoms with Gasteiger partial charge in [-0.05, 0) is 36.8 Å². The van der Waals surface area contributed by atoms with Gasteiger partial charge in [-0.15, -0.1) is 0 Å². The Kier molecular flexibility index (Phi) is 6.32. The van der Waals surface area contributed by atoms with Crippen molar-refractivity contribution in [1.29, 1.82) is 0 Å². The van der Waals surface area contributed by atoms with E-state index in [-0.39, 0.29) is 6.42 Å². The Hall–Kier alpha value is -1.76. The second kappa shape index (κ2) is 8.08. The van der Waals surface area contributed by atoms with Gasteiger partial charge >= 0.3 is 0 Å². The zero-order valence-electron chi connectivity index (χ0n) is 13.7. The molecular formula is C17H18Cl2N2O3S. The van der Waals surface area contributed by atoms with Gasteiger partial charge in [-0.25, -0.2) is 8.42 Å². The first-order valence-corrected chi connectivity index (χ1v) is 10.1. The zero-order valence-corrected chi connectivity index (χ0v) is 16.1. The Morgan fingerprint density at radius 3 is 2.36 bits per heavy atom. The summed E-state index contributed by atoms with van der Waals surface area (Å²) in [6.45, 7) is 1.74. The van der Waals surface area contributed by atoms with Crippen LogP contribution in [0.1, 0.15) is 13.3 Å². The Morgan fingerprint density at radius 2 is 1.80 bits per heavy atom. The van der Waals surface area contributed by atoms with E-state index in [1.165, 1.54) is 6.07 Å². The molecule has 5 nitrogen and oxygen atoms in total. The topological polar surface area (TPSA) is 66.5 Å². The van der Waals surface area contributed by atoms with Crippen LogP contribution in [0.3, 0.4) is 0 Å². The average molecular weight is 401 g/mol. The van der Waals surface area contributed by atoms with E-state index >= 15 is 0 Å². The largest absolute Gasteiger partial charge is 0.323 e. The summed E-state index contributed by atoms with van der Waals surface area (Å²) < 4.78 is 25.7. The number of carbonyl (C=O) groups is 1. The molecule has 0 spiro atoms. The molecule has 8 heteroatoms. The molecule has 1 amide bonds. The molecule has 0 unspecified atom stereocenters. The second-order valence-corrected chi connectivity index (χ2v) is 8.13. The summed E-state index contributed by atoms with van der Waals surface area (Å²) in [6.07, 6.45) is 1.36. The number of benzene rings is 2. The lowest BCUT2D eigenvalue weighted by atomic mass is 10.2. The van der Waals surface area contributed by atoms with Crippen molar-refractivity contribution in [3.05, 3.63) is 58.6 Å². The molecule has 0 heterocycles. The van der Waals surface area contributed by atoms with Crippen LogP contribution in [0.25, 0.3) is 0 Å². The van der Waals surface area contributed by atoms with Crippen LogP contribution in [0.4, 0.5) is 11.4 Å². The Labute approximate surface area is 157 Å². The lowest BCUT2D eigenvalue weighted by molar-refractivity contribution is -0.117. The minimum absolute atomic E-state index is 0.284. The summed E-state index contributed by atoms with van der Waals surface area (Å²) in [4.78, 5) is 12.7. The molecule has 2 rings (SSSR count). The Morgan fingerprint density at radius 1 is 1.16 bits per heavy atom. The van der Waals surface area contributed by atoms with Crippen LogP contribution in [0, 0.1) is 0 Å². The van der Waals surface area contributed by atoms with E-state index in [2.05, 4.69) is 5.32 Å². The summed E-state index contributed by atoms with van der Waals surface area (Å²) in [6, 6.07) is 12.2. The number of hydrogen-bond acceptors (Lipinski definition) is 3. The van der Waals surface area contributed by atoms with E-state index in [0.29, 0.717) is 21.4 Å². The minimum Gasteiger partial charge on any atom is -0.323 e. The van der Waals surface area contributed by atoms with Crippen molar-refractivity contribution in [3.63, 3.8) is 0 Å². The Balaban J connectivity index is 2.38. The molecule has 0 aliphatic heterocycles. The van der Waals surface area contributed by atoms with Crippen LogP contribution in [0.2, 0.25) is 10.0 Å². The van der Waals surface area contributed by atoms with Gasteiger partial charge in [0.25, 0.3) is 0 Å². The van der Waals surface area contributed by atoms with Gasteiger partial charge in [-0.2, -0.15) is 0 Å². The molecular weight excluding hydrogens is 383 g/mol. The third-order valence-corrected chi connectivity index (χ3v) is 5.27. The first-order chi connectivity index (χ1) is 11.7. The Bertz CT molecular complexity index is 857. The van der Waals surface area contributed by atoms with E-state index in [9.17, 15) is 13.2 Å². The predicted octanol–water partition coefficient (Wildman–Crippen LogP) is 4.18. The maximum Gasteiger partial charge on any atom is 0.248 e. The summed E-state index contributed by atoms with van der Waals surface area (Å²) in [5.41, 5.74) is 0.753. The highest BCUT2D eigenvalue weighted by molar-refractivity contribution is 7.92. The van der Waals surface area contributed by atoms with E-state index in [0.717, 1.165) is 10.6 Å². The van der Waals surface area contributed by atoms with Crippen molar-refractivity contribution in [2.24, 2.45) is 0 Å². The highest BCUT2D eigenvalue weighted by Crippen LogP contribution is 2.27. The van der Waals surface area contributed by atoms with Crippen molar-refractivity contribution in [3.8, 4) is 0 Å². The molecule has 2 aromatic rings. The van der Waals surface area contributed by atoms with Gasteiger partial charge in [-0.1, -0.05) is 48.3 Å². The maximum absolute atomic E-state index is 12.7. The van der Waals surface area contributed by atoms with Gasteiger partial charge in [0.05, 0.1) is 22.7 Å². The van der Waals surface area contributed by atoms with Crippen LogP contribution < -0.4 is 9.62 Å². The predicted molar refractivity (Wildman–Crippen MR) is 103 cm³/mol. The molecule has 0 fully saturated rings. The number of sulfonamides is 1. The summed E-state index contributed by atoms with van der Waals surface area (Å²) in [5.74, 6) is -0.485. The lowest BCUT2D eigenvalue weighted by Gasteiger charge is -2.30. The fraction of sp³-hybridized carbons (Fsp3) is 0.235. The number of nitrogens with zero attached hydrogens (tertiary/aromatic N) is 1. The number of hydrogen-bond donors (Lipinski definition) is 1. The van der Waals surface area contributed by atoms with Gasteiger partial charge in [0.1, 0.15) is 6.04 Å². The summed E-state index contributed by atoms with van der Waals surface area (Å²) in [5, 5.41) is 3.39. The molecule has 0 aromatic heterocycles. The highest BCUT2D eigenvalue weighted by atomic mass is 35.5. The van der Waals surface area contributed by atoms with E-state index in [4.69, 9.17) is 23.2 Å². The number of nitrogens with one attached hydrogen (secondary N) is 1. The summed E-state index contributed by atoms with van der Waals surface area (Å²) in [7, 11) is -3.67. The standard InChI is InChI=1S/C17H18Cl2N2O3S/c1-3-16(17(22)20-15-11-12(18)9-10-14(15)19)21(25(2,23)24)13-7-5-4-6-8-13/h4-11,16H,3H2,1-2H3,(H,20,22)/t16-/m1/s1. The molecule has 134 valence electrons. The number of anilines is 2. The van der Waals surface area contributed by atoms with Crippen LogP contribution >= 0.6 is 23.2 Å². The van der Waals surface area contributed by atoms with Gasteiger partial charge < -0.3 is 5.32 Å². The van der Waals surface area contributed by atoms with E-state index < -0.39 is 22.0 Å². The van der Waals surface area contributed by atoms with Crippen molar-refractivity contribution in [2.45, 2.75) is 19.4 Å². The van der Waals surface area contributed by atoms with Gasteiger partial charge in [-0.3, -0.25) is 9.10 Å². The minimum atomic E-state index is -3.67. The average Bonchev–Trinajstić information content (AvgIpc) is 2.55. The number of amides is 1. The van der Waals surface area contributed by atoms with Crippen LogP contribution in [-0.2, 0) is 14.8 Å². The van der Waals surface area contributed by atoms with Crippen LogP contribution in [-0.4, -0.2) is 26.6 Å². The number of carbonyl (C=O) groups excluding carboxylic acids is 1. The molecule has 1 atom stereocenters. The fourth-order valence-corrected chi connectivity index (χ4v) is 3.99. The maximum atomic E-state index is 12.7. The van der Waals surface area contributed by atoms with Crippen LogP contribution in [0.15, 0.2) is 48.5 Å². The molecule has 0 aliphatic rings. The molecule has 1 N–H and O–H groups in total. The van der Waals surface area contributed by atoms with Crippen molar-refractivity contribution in [2.75, 3.05) is 15.9 Å². The van der Waals surface area contributed by atoms with Gasteiger partial charge in [0, 0.05) is 5.02 Å². The fourth-order valence-electron chi connectivity index (χ4n) is 2.44. The summed E-state index contributed by atoms with van der Waals surface area (Å²) >= 11 is 12.0. The third-order valence-electron chi connectivity index (χ3n) is 3.53. The third kappa shape index (κ3) is 4.87. The van der Waals surface area contributed by atoms with Gasteiger partial charge in [0.2, 0.25) is 15.9 Å². The first-order valence-electron chi connectivity index (χ1n) is 7.54. The quantitative estimate of drug-likeness (QED) is 0.790. The number of halogens is 2. The van der Waals surface area contributed by atoms with E-state index in [1.807, 2.05) is 0 Å². The van der Waals surface area contributed by atoms with Crippen LogP contribution in [0.5, 0.6) is 0 Å². The molecule has 0 saturated heterocycles. The highest BCUT2D eigenvalue weighted by Gasteiger charge is 2.31. The van der Waals surface area contributed by atoms with Crippen molar-refractivity contribution >= 4 is 50.5 Å². The number of para-hydroxylation sites is 1. The first kappa shape index (κ1) is 19.6. The van der Waals surface area contributed by atoms with Crippen molar-refractivity contribution < 1.29 is 13.2 Å². The molecule has 0 radical (unpaired) electrons. The zero-order chi connectivity index (χ0) is 18.6. The number of rotatable bonds is 6. The van der Waals surface area contributed by atoms with Crippen molar-refractivity contribution in [1.82, 2.24) is 0 Å². The van der Waals surface area contributed by atoms with E-state index in [1.54, 1.807) is 49.4 Å². The normalized spacial score (nSPS) is 12.5. The van der Waals surface area contributed by atoms with Gasteiger partial charge in [0.15, 0.2) is 0 Å². The smallest absolute Gasteiger partial charge is 0.248 e. The monoisotopic (exact) mass is 400 g/mol.